The molecule has 0 aliphatic carbocycles. The summed E-state index contributed by atoms with van der Waals surface area (Å²) in [4.78, 5) is 12.6. The van der Waals surface area contributed by atoms with Crippen LogP contribution in [0.15, 0.2) is 39.8 Å². The highest BCUT2D eigenvalue weighted by atomic mass is 32.2. The smallest absolute Gasteiger partial charge is 0.351 e. The molecule has 4 nitrogen and oxygen atoms in total. The van der Waals surface area contributed by atoms with Crippen LogP contribution in [-0.4, -0.2) is 12.6 Å². The second-order valence-corrected chi connectivity index (χ2v) is 4.31. The predicted octanol–water partition coefficient (Wildman–Crippen LogP) is 2.50. The average Bonchev–Trinajstić information content (AvgIpc) is 2.73. The number of rotatable bonds is 2. The van der Waals surface area contributed by atoms with Crippen LogP contribution in [-0.2, 0) is 9.53 Å². The summed E-state index contributed by atoms with van der Waals surface area (Å²) in [6.45, 7) is 1.97. The van der Waals surface area contributed by atoms with E-state index in [1.807, 2.05) is 30.3 Å². The maximum Gasteiger partial charge on any atom is 0.351 e. The number of carbonyl (C=O) groups excluding carboxylic acids is 1. The third-order valence-electron chi connectivity index (χ3n) is 2.17. The highest BCUT2D eigenvalue weighted by molar-refractivity contribution is 8.03. The van der Waals surface area contributed by atoms with Gasteiger partial charge in [0.15, 0.2) is 5.57 Å². The van der Waals surface area contributed by atoms with Gasteiger partial charge in [-0.25, -0.2) is 4.79 Å². The van der Waals surface area contributed by atoms with Crippen molar-refractivity contribution < 1.29 is 9.53 Å². The van der Waals surface area contributed by atoms with Gasteiger partial charge in [0.1, 0.15) is 11.1 Å². The Morgan fingerprint density at radius 3 is 2.94 bits per heavy atom. The number of nitrogens with one attached hydrogen (secondary N) is 1. The Morgan fingerprint density at radius 2 is 2.29 bits per heavy atom. The Balaban J connectivity index is 2.30. The lowest BCUT2D eigenvalue weighted by molar-refractivity contribution is -0.138. The standard InChI is InChI=1S/C12H10N2O2S/c1-2-16-12(15)8(7-13)11-14-9-5-3-4-6-10(9)17-11/h3-6,14H,2H2,1H3. The van der Waals surface area contributed by atoms with E-state index in [4.69, 9.17) is 10.00 Å². The Morgan fingerprint density at radius 1 is 1.53 bits per heavy atom. The molecule has 1 heterocycles. The van der Waals surface area contributed by atoms with Gasteiger partial charge in [0.25, 0.3) is 0 Å². The maximum atomic E-state index is 11.6. The maximum absolute atomic E-state index is 11.6. The van der Waals surface area contributed by atoms with Gasteiger partial charge in [-0.15, -0.1) is 0 Å². The lowest BCUT2D eigenvalue weighted by Gasteiger charge is -2.03. The van der Waals surface area contributed by atoms with Crippen molar-refractivity contribution in [2.24, 2.45) is 0 Å². The van der Waals surface area contributed by atoms with Crippen molar-refractivity contribution in [3.63, 3.8) is 0 Å². The zero-order valence-electron chi connectivity index (χ0n) is 9.19. The first-order valence-electron chi connectivity index (χ1n) is 5.11. The molecule has 86 valence electrons. The van der Waals surface area contributed by atoms with E-state index in [9.17, 15) is 4.79 Å². The van der Waals surface area contributed by atoms with Crippen LogP contribution in [0, 0.1) is 11.3 Å². The van der Waals surface area contributed by atoms with E-state index < -0.39 is 5.97 Å². The number of hydrogen-bond acceptors (Lipinski definition) is 5. The number of hydrogen-bond donors (Lipinski definition) is 1. The zero-order chi connectivity index (χ0) is 12.3. The number of anilines is 1. The van der Waals surface area contributed by atoms with Gasteiger partial charge < -0.3 is 10.1 Å². The summed E-state index contributed by atoms with van der Waals surface area (Å²) in [5, 5.41) is 12.6. The van der Waals surface area contributed by atoms with Crippen LogP contribution in [0.3, 0.4) is 0 Å². The van der Waals surface area contributed by atoms with Gasteiger partial charge >= 0.3 is 5.97 Å². The molecule has 0 fully saturated rings. The molecule has 0 aromatic heterocycles. The number of nitriles is 1. The topological polar surface area (TPSA) is 62.1 Å². The molecule has 0 saturated heterocycles. The molecular weight excluding hydrogens is 236 g/mol. The molecule has 1 aliphatic rings. The van der Waals surface area contributed by atoms with Gasteiger partial charge in [0.2, 0.25) is 0 Å². The minimum Gasteiger partial charge on any atom is -0.462 e. The van der Waals surface area contributed by atoms with E-state index in [-0.39, 0.29) is 12.2 Å². The Bertz CT molecular complexity index is 505. The molecule has 0 amide bonds. The van der Waals surface area contributed by atoms with Crippen molar-refractivity contribution in [1.29, 1.82) is 5.26 Å². The average molecular weight is 246 g/mol. The van der Waals surface area contributed by atoms with Crippen molar-refractivity contribution in [2.45, 2.75) is 11.8 Å². The molecule has 0 unspecified atom stereocenters. The molecule has 1 aliphatic heterocycles. The molecule has 0 radical (unpaired) electrons. The van der Waals surface area contributed by atoms with Crippen LogP contribution in [0.1, 0.15) is 6.92 Å². The largest absolute Gasteiger partial charge is 0.462 e. The van der Waals surface area contributed by atoms with E-state index in [2.05, 4.69) is 5.32 Å². The van der Waals surface area contributed by atoms with Gasteiger partial charge in [-0.2, -0.15) is 5.26 Å². The number of para-hydroxylation sites is 1. The lowest BCUT2D eigenvalue weighted by Crippen LogP contribution is -2.09. The molecule has 2 rings (SSSR count). The van der Waals surface area contributed by atoms with Crippen LogP contribution in [0.5, 0.6) is 0 Å². The number of nitrogens with zero attached hydrogens (tertiary/aromatic N) is 1. The highest BCUT2D eigenvalue weighted by Gasteiger charge is 2.23. The highest BCUT2D eigenvalue weighted by Crippen LogP contribution is 2.41. The first-order chi connectivity index (χ1) is 8.26. The van der Waals surface area contributed by atoms with Crippen molar-refractivity contribution in [1.82, 2.24) is 0 Å². The van der Waals surface area contributed by atoms with Crippen LogP contribution >= 0.6 is 11.8 Å². The number of fused-ring (bicyclic) bond motifs is 1. The molecule has 5 heteroatoms. The summed E-state index contributed by atoms with van der Waals surface area (Å²) in [6, 6.07) is 9.52. The van der Waals surface area contributed by atoms with Crippen molar-refractivity contribution >= 4 is 23.4 Å². The molecule has 0 atom stereocenters. The third kappa shape index (κ3) is 2.27. The molecule has 1 aromatic carbocycles. The van der Waals surface area contributed by atoms with E-state index in [0.717, 1.165) is 10.6 Å². The summed E-state index contributed by atoms with van der Waals surface area (Å²) in [7, 11) is 0. The van der Waals surface area contributed by atoms with Crippen LogP contribution in [0.2, 0.25) is 0 Å². The monoisotopic (exact) mass is 246 g/mol. The first-order valence-corrected chi connectivity index (χ1v) is 5.93. The molecule has 17 heavy (non-hydrogen) atoms. The fraction of sp³-hybridized carbons (Fsp3) is 0.167. The molecule has 1 aromatic rings. The summed E-state index contributed by atoms with van der Waals surface area (Å²) < 4.78 is 4.83. The van der Waals surface area contributed by atoms with Crippen molar-refractivity contribution in [3.8, 4) is 6.07 Å². The fourth-order valence-electron chi connectivity index (χ4n) is 1.42. The van der Waals surface area contributed by atoms with Gasteiger partial charge in [0.05, 0.1) is 12.3 Å². The summed E-state index contributed by atoms with van der Waals surface area (Å²) in [5.41, 5.74) is 0.928. The third-order valence-corrected chi connectivity index (χ3v) is 3.25. The number of esters is 1. The Kier molecular flexibility index (Phi) is 3.35. The van der Waals surface area contributed by atoms with Gasteiger partial charge in [-0.05, 0) is 19.1 Å². The zero-order valence-corrected chi connectivity index (χ0v) is 10.0. The Labute approximate surface area is 103 Å². The molecule has 0 saturated carbocycles. The minimum absolute atomic E-state index is 0.0213. The summed E-state index contributed by atoms with van der Waals surface area (Å²) in [6.07, 6.45) is 0. The van der Waals surface area contributed by atoms with E-state index in [1.54, 1.807) is 6.92 Å². The second kappa shape index (κ2) is 4.93. The van der Waals surface area contributed by atoms with E-state index in [0.29, 0.717) is 5.03 Å². The number of thioether (sulfide) groups is 1. The SMILES string of the molecule is CCOC(=O)C(C#N)=C1Nc2ccccc2S1. The number of benzene rings is 1. The van der Waals surface area contributed by atoms with Gasteiger partial charge in [-0.3, -0.25) is 0 Å². The van der Waals surface area contributed by atoms with Gasteiger partial charge in [0, 0.05) is 4.90 Å². The predicted molar refractivity (Wildman–Crippen MR) is 65.2 cm³/mol. The van der Waals surface area contributed by atoms with Crippen molar-refractivity contribution in [3.05, 3.63) is 34.9 Å². The molecule has 1 N–H and O–H groups in total. The first kappa shape index (κ1) is 11.6. The fourth-order valence-corrected chi connectivity index (χ4v) is 2.41. The number of ether oxygens (including phenoxy) is 1. The van der Waals surface area contributed by atoms with Crippen LogP contribution in [0.25, 0.3) is 0 Å². The molecule has 0 bridgehead atoms. The van der Waals surface area contributed by atoms with Gasteiger partial charge in [-0.1, -0.05) is 23.9 Å². The quantitative estimate of drug-likeness (QED) is 0.493. The van der Waals surface area contributed by atoms with E-state index in [1.165, 1.54) is 11.8 Å². The normalized spacial score (nSPS) is 15.5. The summed E-state index contributed by atoms with van der Waals surface area (Å²) >= 11 is 1.37. The summed E-state index contributed by atoms with van der Waals surface area (Å²) in [5.74, 6) is -0.585. The minimum atomic E-state index is -0.585. The Hall–Kier alpha value is -1.93. The molecular formula is C12H10N2O2S. The van der Waals surface area contributed by atoms with E-state index >= 15 is 0 Å². The van der Waals surface area contributed by atoms with Crippen molar-refractivity contribution in [2.75, 3.05) is 11.9 Å². The number of carbonyl (C=O) groups is 1. The second-order valence-electron chi connectivity index (χ2n) is 3.26. The lowest BCUT2D eigenvalue weighted by atomic mass is 10.3. The van der Waals surface area contributed by atoms with Crippen LogP contribution < -0.4 is 5.32 Å². The van der Waals surface area contributed by atoms with Crippen LogP contribution in [0.4, 0.5) is 5.69 Å². The molecule has 0 spiro atoms.